The summed E-state index contributed by atoms with van der Waals surface area (Å²) in [6, 6.07) is 36.7. The van der Waals surface area contributed by atoms with Gasteiger partial charge in [0.25, 0.3) is 0 Å². The molecule has 0 aliphatic heterocycles. The van der Waals surface area contributed by atoms with Crippen LogP contribution >= 0.6 is 27.3 Å². The van der Waals surface area contributed by atoms with Gasteiger partial charge in [-0.25, -0.2) is 0 Å². The molecule has 7 rings (SSSR count). The van der Waals surface area contributed by atoms with Crippen LogP contribution in [0.25, 0.3) is 32.7 Å². The van der Waals surface area contributed by atoms with E-state index >= 15 is 0 Å². The summed E-state index contributed by atoms with van der Waals surface area (Å²) < 4.78 is 1.29. The summed E-state index contributed by atoms with van der Waals surface area (Å²) in [5.41, 5.74) is 13.6. The molecule has 5 aromatic rings. The van der Waals surface area contributed by atoms with Crippen molar-refractivity contribution in [3.8, 4) is 32.7 Å². The van der Waals surface area contributed by atoms with Gasteiger partial charge in [-0.2, -0.15) is 0 Å². The van der Waals surface area contributed by atoms with Gasteiger partial charge < -0.3 is 0 Å². The molecule has 2 aliphatic rings. The number of aryl methyl sites for hydroxylation is 1. The fourth-order valence-electron chi connectivity index (χ4n) is 6.71. The predicted molar refractivity (Wildman–Crippen MR) is 162 cm³/mol. The van der Waals surface area contributed by atoms with Gasteiger partial charge in [-0.3, -0.25) is 0 Å². The third kappa shape index (κ3) is 3.39. The first kappa shape index (κ1) is 23.2. The highest BCUT2D eigenvalue weighted by atomic mass is 79.9. The Labute approximate surface area is 232 Å². The molecule has 0 fully saturated rings. The molecule has 0 unspecified atom stereocenters. The Hall–Kier alpha value is -2.94. The fourth-order valence-corrected chi connectivity index (χ4v) is 8.48. The van der Waals surface area contributed by atoms with Crippen molar-refractivity contribution >= 4 is 27.3 Å². The van der Waals surface area contributed by atoms with E-state index in [0.29, 0.717) is 0 Å². The maximum atomic E-state index is 3.89. The summed E-state index contributed by atoms with van der Waals surface area (Å²) in [6.07, 6.45) is 6.33. The molecule has 0 amide bonds. The van der Waals surface area contributed by atoms with Crippen molar-refractivity contribution < 1.29 is 0 Å². The Morgan fingerprint density at radius 3 is 1.78 bits per heavy atom. The molecular weight excluding hydrogens is 532 g/mol. The minimum atomic E-state index is -0.271. The van der Waals surface area contributed by atoms with Gasteiger partial charge in [0, 0.05) is 4.88 Å². The van der Waals surface area contributed by atoms with Crippen molar-refractivity contribution in [3.05, 3.63) is 129 Å². The normalized spacial score (nSPS) is 13.9. The lowest BCUT2D eigenvalue weighted by atomic mass is 9.70. The first-order chi connectivity index (χ1) is 18.2. The molecule has 1 heterocycles. The van der Waals surface area contributed by atoms with Crippen molar-refractivity contribution in [2.24, 2.45) is 0 Å². The Kier molecular flexibility index (Phi) is 5.71. The van der Waals surface area contributed by atoms with Gasteiger partial charge in [0.2, 0.25) is 0 Å². The van der Waals surface area contributed by atoms with E-state index in [2.05, 4.69) is 120 Å². The highest BCUT2D eigenvalue weighted by Gasteiger charge is 2.51. The molecule has 182 valence electrons. The van der Waals surface area contributed by atoms with Crippen molar-refractivity contribution in [1.82, 2.24) is 0 Å². The van der Waals surface area contributed by atoms with Crippen LogP contribution in [0.2, 0.25) is 0 Å². The Morgan fingerprint density at radius 1 is 0.622 bits per heavy atom. The van der Waals surface area contributed by atoms with Crippen LogP contribution in [0, 0.1) is 0 Å². The number of fused-ring (bicyclic) bond motifs is 10. The van der Waals surface area contributed by atoms with E-state index < -0.39 is 0 Å². The van der Waals surface area contributed by atoms with Gasteiger partial charge in [-0.1, -0.05) is 111 Å². The van der Waals surface area contributed by atoms with Crippen molar-refractivity contribution in [3.63, 3.8) is 0 Å². The second kappa shape index (κ2) is 9.11. The first-order valence-electron chi connectivity index (χ1n) is 13.5. The average molecular weight is 562 g/mol. The number of unbranched alkanes of at least 4 members (excludes halogenated alkanes) is 3. The molecule has 0 radical (unpaired) electrons. The second-order valence-corrected chi connectivity index (χ2v) is 12.7. The summed E-state index contributed by atoms with van der Waals surface area (Å²) in [4.78, 5) is 1.35. The minimum absolute atomic E-state index is 0.271. The van der Waals surface area contributed by atoms with E-state index in [-0.39, 0.29) is 5.41 Å². The summed E-state index contributed by atoms with van der Waals surface area (Å²) >= 11 is 5.77. The zero-order chi connectivity index (χ0) is 25.0. The second-order valence-electron chi connectivity index (χ2n) is 10.4. The maximum Gasteiger partial charge on any atom is 0.0737 e. The number of hydrogen-bond acceptors (Lipinski definition) is 1. The molecule has 1 aromatic heterocycles. The quantitative estimate of drug-likeness (QED) is 0.177. The van der Waals surface area contributed by atoms with E-state index in [9.17, 15) is 0 Å². The van der Waals surface area contributed by atoms with E-state index in [1.807, 2.05) is 11.3 Å². The van der Waals surface area contributed by atoms with Crippen LogP contribution in [0.15, 0.2) is 101 Å². The SMILES string of the molecule is CCCCCCc1cc(-c2ccc3c(c2)C2(c4ccccc4-c4ccccc42)c2ccccc2-3)sc1Br. The van der Waals surface area contributed by atoms with Crippen LogP contribution in [0.1, 0.15) is 60.4 Å². The van der Waals surface area contributed by atoms with Crippen molar-refractivity contribution in [2.45, 2.75) is 44.4 Å². The molecular formula is C35H29BrS. The first-order valence-corrected chi connectivity index (χ1v) is 15.1. The number of thiophene rings is 1. The molecule has 4 aromatic carbocycles. The van der Waals surface area contributed by atoms with Crippen LogP contribution < -0.4 is 0 Å². The molecule has 37 heavy (non-hydrogen) atoms. The molecule has 2 heteroatoms. The predicted octanol–water partition coefficient (Wildman–Crippen LogP) is 10.6. The third-order valence-corrected chi connectivity index (χ3v) is 10.3. The van der Waals surface area contributed by atoms with E-state index in [1.165, 1.54) is 90.0 Å². The standard InChI is InChI=1S/C35H29BrS/c1-2-3-4-5-12-24-22-33(37-34(24)36)23-19-20-28-27-15-8-11-18-31(27)35(32(28)21-23)29-16-9-6-13-25(29)26-14-7-10-17-30(26)35/h6-11,13-22H,2-5,12H2,1H3. The number of hydrogen-bond donors (Lipinski definition) is 0. The topological polar surface area (TPSA) is 0 Å². The highest BCUT2D eigenvalue weighted by Crippen LogP contribution is 2.63. The van der Waals surface area contributed by atoms with Gasteiger partial charge in [0.1, 0.15) is 0 Å². The Bertz CT molecular complexity index is 1580. The molecule has 0 atom stereocenters. The van der Waals surface area contributed by atoms with Crippen molar-refractivity contribution in [1.29, 1.82) is 0 Å². The fraction of sp³-hybridized carbons (Fsp3) is 0.200. The monoisotopic (exact) mass is 560 g/mol. The lowest BCUT2D eigenvalue weighted by Crippen LogP contribution is -2.25. The zero-order valence-corrected chi connectivity index (χ0v) is 23.5. The summed E-state index contributed by atoms with van der Waals surface area (Å²) in [7, 11) is 0. The van der Waals surface area contributed by atoms with Gasteiger partial charge >= 0.3 is 0 Å². The minimum Gasteiger partial charge on any atom is -0.128 e. The number of rotatable bonds is 6. The maximum absolute atomic E-state index is 3.89. The smallest absolute Gasteiger partial charge is 0.0737 e. The molecule has 1 spiro atoms. The number of benzene rings is 4. The molecule has 0 nitrogen and oxygen atoms in total. The van der Waals surface area contributed by atoms with Crippen LogP contribution in [-0.4, -0.2) is 0 Å². The van der Waals surface area contributed by atoms with Crippen LogP contribution in [0.4, 0.5) is 0 Å². The molecule has 2 aliphatic carbocycles. The van der Waals surface area contributed by atoms with E-state index in [0.717, 1.165) is 6.42 Å². The Morgan fingerprint density at radius 2 is 1.19 bits per heavy atom. The lowest BCUT2D eigenvalue weighted by Gasteiger charge is -2.30. The van der Waals surface area contributed by atoms with Crippen LogP contribution in [0.5, 0.6) is 0 Å². The van der Waals surface area contributed by atoms with E-state index in [1.54, 1.807) is 0 Å². The summed E-state index contributed by atoms with van der Waals surface area (Å²) in [5, 5.41) is 0. The van der Waals surface area contributed by atoms with Gasteiger partial charge in [0.05, 0.1) is 9.20 Å². The molecule has 0 saturated heterocycles. The van der Waals surface area contributed by atoms with Crippen LogP contribution in [0.3, 0.4) is 0 Å². The molecule has 0 bridgehead atoms. The molecule has 0 N–H and O–H groups in total. The highest BCUT2D eigenvalue weighted by molar-refractivity contribution is 9.11. The van der Waals surface area contributed by atoms with Gasteiger partial charge in [0.15, 0.2) is 0 Å². The summed E-state index contributed by atoms with van der Waals surface area (Å²) in [6.45, 7) is 2.28. The third-order valence-electron chi connectivity index (χ3n) is 8.34. The average Bonchev–Trinajstić information content (AvgIpc) is 3.56. The van der Waals surface area contributed by atoms with Gasteiger partial charge in [-0.15, -0.1) is 11.3 Å². The summed E-state index contributed by atoms with van der Waals surface area (Å²) in [5.74, 6) is 0. The molecule has 0 saturated carbocycles. The Balaban J connectivity index is 1.42. The van der Waals surface area contributed by atoms with E-state index in [4.69, 9.17) is 0 Å². The van der Waals surface area contributed by atoms with Crippen molar-refractivity contribution in [2.75, 3.05) is 0 Å². The van der Waals surface area contributed by atoms with Gasteiger partial charge in [-0.05, 0) is 96.5 Å². The largest absolute Gasteiger partial charge is 0.128 e. The van der Waals surface area contributed by atoms with Crippen LogP contribution in [-0.2, 0) is 11.8 Å². The number of halogens is 1. The zero-order valence-electron chi connectivity index (χ0n) is 21.1. The lowest BCUT2D eigenvalue weighted by molar-refractivity contribution is 0.667.